The number of nitrogens with one attached hydrogen (secondary N) is 1. The molecule has 0 unspecified atom stereocenters. The molecule has 0 amide bonds. The Balaban J connectivity index is 2.17. The van der Waals surface area contributed by atoms with Gasteiger partial charge in [-0.3, -0.25) is 9.78 Å². The summed E-state index contributed by atoms with van der Waals surface area (Å²) in [5, 5.41) is 0.869. The Kier molecular flexibility index (Phi) is 2.67. The molecule has 19 heavy (non-hydrogen) atoms. The maximum atomic E-state index is 12.6. The van der Waals surface area contributed by atoms with Gasteiger partial charge in [-0.15, -0.1) is 0 Å². The van der Waals surface area contributed by atoms with Crippen LogP contribution in [0.2, 0.25) is 0 Å². The first-order chi connectivity index (χ1) is 9.18. The van der Waals surface area contributed by atoms with Gasteiger partial charge in [0.2, 0.25) is 0 Å². The highest BCUT2D eigenvalue weighted by molar-refractivity contribution is 6.16. The number of ketones is 1. The minimum Gasteiger partial charge on any atom is -0.360 e. The highest BCUT2D eigenvalue weighted by Crippen LogP contribution is 2.22. The fourth-order valence-corrected chi connectivity index (χ4v) is 2.29. The topological polar surface area (TPSA) is 45.8 Å². The fraction of sp³-hybridized carbons (Fsp3) is 0.125. The van der Waals surface area contributed by atoms with Crippen molar-refractivity contribution >= 4 is 16.7 Å². The van der Waals surface area contributed by atoms with Crippen LogP contribution in [0, 0.1) is 13.8 Å². The van der Waals surface area contributed by atoms with Crippen molar-refractivity contribution in [2.75, 3.05) is 0 Å². The van der Waals surface area contributed by atoms with Crippen LogP contribution in [0.1, 0.15) is 27.0 Å². The number of carbonyl (C=O) groups excluding carboxylic acids is 1. The van der Waals surface area contributed by atoms with Crippen LogP contribution in [0.3, 0.4) is 0 Å². The van der Waals surface area contributed by atoms with Crippen LogP contribution >= 0.6 is 0 Å². The number of rotatable bonds is 2. The lowest BCUT2D eigenvalue weighted by atomic mass is 9.96. The molecule has 3 aromatic rings. The molecule has 94 valence electrons. The second kappa shape index (κ2) is 4.35. The third-order valence-electron chi connectivity index (χ3n) is 3.58. The van der Waals surface area contributed by atoms with Gasteiger partial charge in [0.1, 0.15) is 0 Å². The predicted octanol–water partition coefficient (Wildman–Crippen LogP) is 3.41. The van der Waals surface area contributed by atoms with Gasteiger partial charge in [-0.25, -0.2) is 0 Å². The Morgan fingerprint density at radius 3 is 2.84 bits per heavy atom. The predicted molar refractivity (Wildman–Crippen MR) is 75.4 cm³/mol. The molecule has 0 saturated heterocycles. The molecule has 0 aliphatic heterocycles. The van der Waals surface area contributed by atoms with E-state index in [9.17, 15) is 4.79 Å². The number of aromatic nitrogens is 2. The quantitative estimate of drug-likeness (QED) is 0.708. The molecule has 2 aromatic heterocycles. The molecule has 0 aliphatic rings. The van der Waals surface area contributed by atoms with E-state index in [0.29, 0.717) is 5.56 Å². The van der Waals surface area contributed by atoms with Crippen LogP contribution in [0.5, 0.6) is 0 Å². The van der Waals surface area contributed by atoms with Gasteiger partial charge in [-0.05, 0) is 31.0 Å². The normalized spacial score (nSPS) is 10.8. The highest BCUT2D eigenvalue weighted by Gasteiger charge is 2.16. The molecule has 1 aromatic carbocycles. The molecule has 3 nitrogen and oxygen atoms in total. The summed E-state index contributed by atoms with van der Waals surface area (Å²) in [5.41, 5.74) is 4.53. The summed E-state index contributed by atoms with van der Waals surface area (Å²) in [4.78, 5) is 19.8. The minimum absolute atomic E-state index is 0.0421. The maximum absolute atomic E-state index is 12.6. The number of H-pyrrole nitrogens is 1. The molecule has 0 saturated carbocycles. The average molecular weight is 250 g/mol. The summed E-state index contributed by atoms with van der Waals surface area (Å²) in [7, 11) is 0. The zero-order valence-electron chi connectivity index (χ0n) is 10.9. The Morgan fingerprint density at radius 1 is 1.16 bits per heavy atom. The average Bonchev–Trinajstić information content (AvgIpc) is 2.85. The number of hydrogen-bond donors (Lipinski definition) is 1. The summed E-state index contributed by atoms with van der Waals surface area (Å²) in [6.07, 6.45) is 5.20. The van der Waals surface area contributed by atoms with E-state index in [4.69, 9.17) is 0 Å². The summed E-state index contributed by atoms with van der Waals surface area (Å²) < 4.78 is 0. The van der Waals surface area contributed by atoms with Gasteiger partial charge >= 0.3 is 0 Å². The zero-order chi connectivity index (χ0) is 13.4. The summed E-state index contributed by atoms with van der Waals surface area (Å²) in [6, 6.07) is 7.68. The molecule has 0 bridgehead atoms. The first kappa shape index (κ1) is 11.7. The third-order valence-corrected chi connectivity index (χ3v) is 3.58. The number of fused-ring (bicyclic) bond motifs is 1. The molecule has 3 heteroatoms. The van der Waals surface area contributed by atoms with Gasteiger partial charge in [0.15, 0.2) is 5.78 Å². The summed E-state index contributed by atoms with van der Waals surface area (Å²) in [5.74, 6) is 0.0421. The van der Waals surface area contributed by atoms with Crippen molar-refractivity contribution < 1.29 is 4.79 Å². The monoisotopic (exact) mass is 250 g/mol. The van der Waals surface area contributed by atoms with E-state index in [1.54, 1.807) is 18.6 Å². The molecule has 0 radical (unpaired) electrons. The molecular weight excluding hydrogens is 236 g/mol. The molecule has 0 spiro atoms. The van der Waals surface area contributed by atoms with Crippen molar-refractivity contribution in [3.8, 4) is 0 Å². The molecule has 0 atom stereocenters. The van der Waals surface area contributed by atoms with Crippen molar-refractivity contribution in [2.24, 2.45) is 0 Å². The fourth-order valence-electron chi connectivity index (χ4n) is 2.29. The molecule has 0 fully saturated rings. The van der Waals surface area contributed by atoms with Crippen LogP contribution in [-0.2, 0) is 0 Å². The van der Waals surface area contributed by atoms with Crippen molar-refractivity contribution in [1.29, 1.82) is 0 Å². The van der Waals surface area contributed by atoms with Crippen molar-refractivity contribution in [3.05, 3.63) is 65.1 Å². The van der Waals surface area contributed by atoms with Gasteiger partial charge < -0.3 is 4.98 Å². The van der Waals surface area contributed by atoms with E-state index in [0.717, 1.165) is 27.6 Å². The van der Waals surface area contributed by atoms with E-state index in [-0.39, 0.29) is 5.78 Å². The Bertz CT molecular complexity index is 771. The lowest BCUT2D eigenvalue weighted by Crippen LogP contribution is -2.04. The van der Waals surface area contributed by atoms with E-state index >= 15 is 0 Å². The van der Waals surface area contributed by atoms with Gasteiger partial charge in [0.25, 0.3) is 0 Å². The summed E-state index contributed by atoms with van der Waals surface area (Å²) in [6.45, 7) is 4.00. The lowest BCUT2D eigenvalue weighted by molar-refractivity contribution is 0.103. The first-order valence-electron chi connectivity index (χ1n) is 6.20. The highest BCUT2D eigenvalue weighted by atomic mass is 16.1. The number of hydrogen-bond acceptors (Lipinski definition) is 2. The Labute approximate surface area is 111 Å². The van der Waals surface area contributed by atoms with E-state index in [2.05, 4.69) is 9.97 Å². The number of benzene rings is 1. The van der Waals surface area contributed by atoms with E-state index in [1.165, 1.54) is 0 Å². The Morgan fingerprint density at radius 2 is 2.00 bits per heavy atom. The largest absolute Gasteiger partial charge is 0.360 e. The molecule has 0 aliphatic carbocycles. The SMILES string of the molecule is Cc1cccc(C(=O)c2c[nH]c3ccncc23)c1C. The van der Waals surface area contributed by atoms with Crippen molar-refractivity contribution in [1.82, 2.24) is 9.97 Å². The molecule has 3 rings (SSSR count). The van der Waals surface area contributed by atoms with Gasteiger partial charge in [0, 0.05) is 40.6 Å². The van der Waals surface area contributed by atoms with E-state index < -0.39 is 0 Å². The molecule has 2 heterocycles. The van der Waals surface area contributed by atoms with Gasteiger partial charge in [-0.1, -0.05) is 18.2 Å². The second-order valence-electron chi connectivity index (χ2n) is 4.70. The lowest BCUT2D eigenvalue weighted by Gasteiger charge is -2.06. The van der Waals surface area contributed by atoms with Crippen molar-refractivity contribution in [2.45, 2.75) is 13.8 Å². The standard InChI is InChI=1S/C16H14N2O/c1-10-4-3-5-12(11(10)2)16(19)14-9-18-15-6-7-17-8-13(14)15/h3-9,18H,1-2H3. The number of nitrogens with zero attached hydrogens (tertiary/aromatic N) is 1. The zero-order valence-corrected chi connectivity index (χ0v) is 10.9. The van der Waals surface area contributed by atoms with Crippen molar-refractivity contribution in [3.63, 3.8) is 0 Å². The smallest absolute Gasteiger partial charge is 0.195 e. The van der Waals surface area contributed by atoms with Crippen LogP contribution in [-0.4, -0.2) is 15.8 Å². The second-order valence-corrected chi connectivity index (χ2v) is 4.70. The van der Waals surface area contributed by atoms with Crippen LogP contribution in [0.15, 0.2) is 42.9 Å². The van der Waals surface area contributed by atoms with Gasteiger partial charge in [0.05, 0.1) is 0 Å². The minimum atomic E-state index is 0.0421. The van der Waals surface area contributed by atoms with E-state index in [1.807, 2.05) is 38.1 Å². The Hall–Kier alpha value is -2.42. The van der Waals surface area contributed by atoms with Crippen LogP contribution in [0.4, 0.5) is 0 Å². The maximum Gasteiger partial charge on any atom is 0.195 e. The number of aromatic amines is 1. The summed E-state index contributed by atoms with van der Waals surface area (Å²) >= 11 is 0. The molecule has 1 N–H and O–H groups in total. The number of pyridine rings is 1. The van der Waals surface area contributed by atoms with Crippen LogP contribution in [0.25, 0.3) is 10.9 Å². The number of carbonyl (C=O) groups is 1. The first-order valence-corrected chi connectivity index (χ1v) is 6.20. The number of aryl methyl sites for hydroxylation is 1. The molecular formula is C16H14N2O. The van der Waals surface area contributed by atoms with Crippen LogP contribution < -0.4 is 0 Å². The van der Waals surface area contributed by atoms with Gasteiger partial charge in [-0.2, -0.15) is 0 Å². The third kappa shape index (κ3) is 1.83.